The fourth-order valence-corrected chi connectivity index (χ4v) is 5.95. The largest absolute Gasteiger partial charge is 0.496 e. The SMILES string of the molecule is COC(=O)C1=C(C)N=c2s/c(=C\c3ccc(N4CCCCC4)o3)c(=O)n2[C@H]1c1cc(Cl)ccc1OC. The van der Waals surface area contributed by atoms with Gasteiger partial charge in [-0.05, 0) is 50.5 Å². The third kappa shape index (κ3) is 4.37. The van der Waals surface area contributed by atoms with Crippen molar-refractivity contribution >= 4 is 40.9 Å². The van der Waals surface area contributed by atoms with E-state index in [1.165, 1.54) is 36.5 Å². The quantitative estimate of drug-likeness (QED) is 0.471. The van der Waals surface area contributed by atoms with Crippen molar-refractivity contribution in [3.8, 4) is 5.75 Å². The van der Waals surface area contributed by atoms with Gasteiger partial charge in [-0.25, -0.2) is 9.79 Å². The molecule has 188 valence electrons. The summed E-state index contributed by atoms with van der Waals surface area (Å²) < 4.78 is 18.6. The average Bonchev–Trinajstić information content (AvgIpc) is 3.48. The van der Waals surface area contributed by atoms with Crippen molar-refractivity contribution in [3.05, 3.63) is 77.6 Å². The Morgan fingerprint density at radius 1 is 1.19 bits per heavy atom. The fraction of sp³-hybridized carbons (Fsp3) is 0.346. The lowest BCUT2D eigenvalue weighted by Gasteiger charge is -2.25. The van der Waals surface area contributed by atoms with Crippen LogP contribution in [0.4, 0.5) is 5.88 Å². The number of benzene rings is 1. The Hall–Kier alpha value is -3.30. The van der Waals surface area contributed by atoms with Gasteiger partial charge in [0.25, 0.3) is 5.56 Å². The molecule has 0 spiro atoms. The van der Waals surface area contributed by atoms with Crippen LogP contribution in [0.5, 0.6) is 5.75 Å². The van der Waals surface area contributed by atoms with Crippen molar-refractivity contribution < 1.29 is 18.7 Å². The Labute approximate surface area is 216 Å². The number of allylic oxidation sites excluding steroid dienone is 1. The highest BCUT2D eigenvalue weighted by molar-refractivity contribution is 7.07. The summed E-state index contributed by atoms with van der Waals surface area (Å²) in [5.74, 6) is 1.31. The molecule has 0 aliphatic carbocycles. The summed E-state index contributed by atoms with van der Waals surface area (Å²) in [6, 6.07) is 8.09. The first-order valence-electron chi connectivity index (χ1n) is 11.7. The first kappa shape index (κ1) is 24.4. The number of nitrogens with zero attached hydrogens (tertiary/aromatic N) is 3. The van der Waals surface area contributed by atoms with Gasteiger partial charge in [0, 0.05) is 35.8 Å². The second-order valence-corrected chi connectivity index (χ2v) is 10.1. The van der Waals surface area contributed by atoms with Gasteiger partial charge in [0.15, 0.2) is 10.7 Å². The summed E-state index contributed by atoms with van der Waals surface area (Å²) in [6.45, 7) is 3.66. The first-order chi connectivity index (χ1) is 17.4. The first-order valence-corrected chi connectivity index (χ1v) is 12.9. The molecular weight excluding hydrogens is 502 g/mol. The summed E-state index contributed by atoms with van der Waals surface area (Å²) in [7, 11) is 2.83. The van der Waals surface area contributed by atoms with Crippen molar-refractivity contribution in [1.29, 1.82) is 0 Å². The molecule has 5 rings (SSSR count). The van der Waals surface area contributed by atoms with Gasteiger partial charge in [0.2, 0.25) is 0 Å². The smallest absolute Gasteiger partial charge is 0.338 e. The van der Waals surface area contributed by atoms with Crippen LogP contribution in [-0.2, 0) is 9.53 Å². The number of anilines is 1. The molecule has 10 heteroatoms. The molecule has 0 N–H and O–H groups in total. The van der Waals surface area contributed by atoms with Gasteiger partial charge in [0.1, 0.15) is 17.6 Å². The van der Waals surface area contributed by atoms with E-state index in [-0.39, 0.29) is 11.1 Å². The van der Waals surface area contributed by atoms with Crippen LogP contribution >= 0.6 is 22.9 Å². The van der Waals surface area contributed by atoms with Crippen LogP contribution in [0.3, 0.4) is 0 Å². The molecule has 1 aromatic carbocycles. The number of piperidine rings is 1. The highest BCUT2D eigenvalue weighted by Gasteiger charge is 2.35. The molecule has 4 heterocycles. The zero-order valence-electron chi connectivity index (χ0n) is 20.2. The van der Waals surface area contributed by atoms with Crippen LogP contribution in [0, 0.1) is 0 Å². The second kappa shape index (κ2) is 9.99. The zero-order chi connectivity index (χ0) is 25.4. The number of methoxy groups -OCH3 is 2. The number of thiazole rings is 1. The van der Waals surface area contributed by atoms with Gasteiger partial charge in [-0.3, -0.25) is 9.36 Å². The number of esters is 1. The predicted molar refractivity (Wildman–Crippen MR) is 139 cm³/mol. The van der Waals surface area contributed by atoms with E-state index in [1.807, 2.05) is 12.1 Å². The summed E-state index contributed by atoms with van der Waals surface area (Å²) in [5.41, 5.74) is 0.989. The molecule has 36 heavy (non-hydrogen) atoms. The van der Waals surface area contributed by atoms with Crippen molar-refractivity contribution in [3.63, 3.8) is 0 Å². The van der Waals surface area contributed by atoms with E-state index >= 15 is 0 Å². The van der Waals surface area contributed by atoms with Gasteiger partial charge >= 0.3 is 5.97 Å². The molecule has 2 aromatic heterocycles. The minimum absolute atomic E-state index is 0.252. The Bertz CT molecular complexity index is 1530. The number of halogens is 1. The summed E-state index contributed by atoms with van der Waals surface area (Å²) >= 11 is 7.56. The highest BCUT2D eigenvalue weighted by Crippen LogP contribution is 2.37. The van der Waals surface area contributed by atoms with E-state index in [0.717, 1.165) is 31.8 Å². The van der Waals surface area contributed by atoms with Crippen LogP contribution in [0.2, 0.25) is 5.02 Å². The molecule has 2 aliphatic heterocycles. The predicted octanol–water partition coefficient (Wildman–Crippen LogP) is 3.65. The molecular formula is C26H26ClN3O5S. The van der Waals surface area contributed by atoms with E-state index in [2.05, 4.69) is 9.89 Å². The van der Waals surface area contributed by atoms with Crippen LogP contribution in [0.15, 0.2) is 55.8 Å². The van der Waals surface area contributed by atoms with E-state index in [9.17, 15) is 9.59 Å². The van der Waals surface area contributed by atoms with Crippen LogP contribution in [0.1, 0.15) is 43.6 Å². The minimum Gasteiger partial charge on any atom is -0.496 e. The standard InChI is InChI=1S/C26H26ClN3O5S/c1-15-22(25(32)34-3)23(18-13-16(27)7-9-19(18)33-2)30-24(31)20(36-26(30)28-15)14-17-8-10-21(35-17)29-11-5-4-6-12-29/h7-10,13-14,23H,4-6,11-12H2,1-3H3/b20-14-/t23-/m0/s1. The summed E-state index contributed by atoms with van der Waals surface area (Å²) in [4.78, 5) is 33.9. The Morgan fingerprint density at radius 2 is 1.97 bits per heavy atom. The normalized spacial score (nSPS) is 18.2. The molecule has 0 amide bonds. The van der Waals surface area contributed by atoms with E-state index in [4.69, 9.17) is 25.5 Å². The van der Waals surface area contributed by atoms with E-state index in [0.29, 0.717) is 37.1 Å². The highest BCUT2D eigenvalue weighted by atomic mass is 35.5. The van der Waals surface area contributed by atoms with Crippen LogP contribution in [0.25, 0.3) is 6.08 Å². The molecule has 1 fully saturated rings. The number of carbonyl (C=O) groups is 1. The van der Waals surface area contributed by atoms with Crippen molar-refractivity contribution in [2.75, 3.05) is 32.2 Å². The third-order valence-corrected chi connectivity index (χ3v) is 7.69. The van der Waals surface area contributed by atoms with Gasteiger partial charge < -0.3 is 18.8 Å². The number of ether oxygens (including phenoxy) is 2. The summed E-state index contributed by atoms with van der Waals surface area (Å²) in [5, 5.41) is 0.452. The fourth-order valence-electron chi connectivity index (χ4n) is 4.74. The van der Waals surface area contributed by atoms with Gasteiger partial charge in [0.05, 0.1) is 30.0 Å². The van der Waals surface area contributed by atoms with Crippen molar-refractivity contribution in [1.82, 2.24) is 4.57 Å². The van der Waals surface area contributed by atoms with Crippen molar-refractivity contribution in [2.45, 2.75) is 32.2 Å². The Kier molecular flexibility index (Phi) is 6.77. The number of fused-ring (bicyclic) bond motifs is 1. The molecule has 0 saturated carbocycles. The molecule has 3 aromatic rings. The lowest BCUT2D eigenvalue weighted by molar-refractivity contribution is -0.136. The Balaban J connectivity index is 1.66. The Morgan fingerprint density at radius 3 is 2.69 bits per heavy atom. The maximum atomic E-state index is 13.7. The number of hydrogen-bond donors (Lipinski definition) is 0. The van der Waals surface area contributed by atoms with Crippen LogP contribution < -0.4 is 24.5 Å². The number of rotatable bonds is 5. The summed E-state index contributed by atoms with van der Waals surface area (Å²) in [6.07, 6.45) is 5.24. The third-order valence-electron chi connectivity index (χ3n) is 6.47. The number of hydrogen-bond acceptors (Lipinski definition) is 8. The van der Waals surface area contributed by atoms with E-state index < -0.39 is 12.0 Å². The van der Waals surface area contributed by atoms with Gasteiger partial charge in [-0.15, -0.1) is 0 Å². The van der Waals surface area contributed by atoms with Crippen LogP contribution in [-0.4, -0.2) is 37.8 Å². The minimum atomic E-state index is -0.815. The molecule has 0 unspecified atom stereocenters. The monoisotopic (exact) mass is 527 g/mol. The molecule has 0 radical (unpaired) electrons. The topological polar surface area (TPSA) is 86.3 Å². The maximum Gasteiger partial charge on any atom is 0.338 e. The van der Waals surface area contributed by atoms with Gasteiger partial charge in [-0.1, -0.05) is 22.9 Å². The van der Waals surface area contributed by atoms with Gasteiger partial charge in [-0.2, -0.15) is 0 Å². The second-order valence-electron chi connectivity index (χ2n) is 8.68. The molecule has 0 bridgehead atoms. The zero-order valence-corrected chi connectivity index (χ0v) is 21.8. The van der Waals surface area contributed by atoms with E-state index in [1.54, 1.807) is 31.2 Å². The number of aromatic nitrogens is 1. The maximum absolute atomic E-state index is 13.7. The molecule has 2 aliphatic rings. The number of furan rings is 1. The van der Waals surface area contributed by atoms with Crippen molar-refractivity contribution in [2.24, 2.45) is 4.99 Å². The average molecular weight is 528 g/mol. The molecule has 1 atom stereocenters. The molecule has 1 saturated heterocycles. The number of carbonyl (C=O) groups excluding carboxylic acids is 1. The lowest BCUT2D eigenvalue weighted by Crippen LogP contribution is -2.40. The molecule has 8 nitrogen and oxygen atoms in total. The lowest BCUT2D eigenvalue weighted by atomic mass is 9.95.